The number of piperidine rings is 1. The van der Waals surface area contributed by atoms with E-state index in [0.29, 0.717) is 44.4 Å². The molecule has 6 heterocycles. The van der Waals surface area contributed by atoms with Crippen LogP contribution in [-0.4, -0.2) is 151 Å². The van der Waals surface area contributed by atoms with Gasteiger partial charge < -0.3 is 55.5 Å². The van der Waals surface area contributed by atoms with E-state index in [1.165, 1.54) is 20.6 Å². The minimum atomic E-state index is -5.77. The first kappa shape index (κ1) is 61.2. The molecule has 5 aliphatic rings. The zero-order chi connectivity index (χ0) is 58.7. The summed E-state index contributed by atoms with van der Waals surface area (Å²) in [5.74, 6) is 0.577. The van der Waals surface area contributed by atoms with Gasteiger partial charge in [-0.05, 0) is 88.2 Å². The summed E-state index contributed by atoms with van der Waals surface area (Å²) in [5, 5.41) is 10.9. The molecule has 442 valence electrons. The minimum absolute atomic E-state index is 0.0378. The molecule has 8 rings (SSSR count). The van der Waals surface area contributed by atoms with Crippen LogP contribution in [0.25, 0.3) is 0 Å². The lowest BCUT2D eigenvalue weighted by molar-refractivity contribution is -0.144. The molecule has 3 aromatic rings. The van der Waals surface area contributed by atoms with Crippen molar-refractivity contribution in [1.82, 2.24) is 45.5 Å². The fourth-order valence-electron chi connectivity index (χ4n) is 11.6. The number of carbonyl (C=O) groups is 8. The van der Waals surface area contributed by atoms with Crippen molar-refractivity contribution in [2.45, 2.75) is 164 Å². The topological polar surface area (TPSA) is 305 Å². The van der Waals surface area contributed by atoms with Crippen molar-refractivity contribution in [1.29, 1.82) is 0 Å². The maximum atomic E-state index is 14.6. The number of hydrogen-bond acceptors (Lipinski definition) is 12. The Hall–Kier alpha value is -6.90. The lowest BCUT2D eigenvalue weighted by atomic mass is 9.98. The number of benzene rings is 2. The molecule has 2 aromatic carbocycles. The fraction of sp³-hybridized carbons (Fsp3) is 0.561. The van der Waals surface area contributed by atoms with E-state index in [-0.39, 0.29) is 81.7 Å². The average Bonchev–Trinajstić information content (AvgIpc) is 4.36. The Balaban J connectivity index is 0.793. The van der Waals surface area contributed by atoms with Crippen molar-refractivity contribution in [3.8, 4) is 11.8 Å². The Labute approximate surface area is 474 Å². The highest BCUT2D eigenvalue weighted by Gasteiger charge is 2.56. The monoisotopic (exact) mass is 1160 g/mol. The number of likely N-dealkylation sites (N-methyl/N-ethyl adjacent to an activating group) is 1. The van der Waals surface area contributed by atoms with Crippen molar-refractivity contribution in [3.05, 3.63) is 88.5 Å². The third-order valence-electron chi connectivity index (χ3n) is 16.1. The Bertz CT molecular complexity index is 2980. The molecule has 82 heavy (non-hydrogen) atoms. The first-order chi connectivity index (χ1) is 39.2. The van der Waals surface area contributed by atoms with E-state index >= 15 is 0 Å². The van der Waals surface area contributed by atoms with Crippen molar-refractivity contribution in [2.75, 3.05) is 33.4 Å². The molecule has 8 N–H and O–H groups in total. The summed E-state index contributed by atoms with van der Waals surface area (Å²) in [5.41, 5.74) is 3.93. The van der Waals surface area contributed by atoms with E-state index in [2.05, 4.69) is 38.1 Å². The smallest absolute Gasteiger partial charge is 0.379 e. The molecule has 22 nitrogen and oxygen atoms in total. The first-order valence-electron chi connectivity index (χ1n) is 28.3. The maximum absolute atomic E-state index is 14.6. The number of aromatic nitrogens is 2. The van der Waals surface area contributed by atoms with Crippen LogP contribution in [0.15, 0.2) is 54.7 Å². The molecule has 3 saturated heterocycles. The van der Waals surface area contributed by atoms with Crippen LogP contribution in [0.4, 0.5) is 8.78 Å². The molecule has 0 bridgehead atoms. The molecule has 1 aromatic heterocycles. The standard InChI is InChI=1S/C57H73F2N10O12P/c1-66-28-27-39-20-22-47(69(39)56(77)44(33-66)63-52(73)43-34-67-29-26-38(31-49(67)61-43)57(58,59)82(78,79)80)54(75)62-42(21-24-48(60)70)51(72)64-45(37-16-11-9-12-17-37)35-81-30-13-8-6-4-2-3-5-7-10-15-36-18-14-19-40-41(36)32-68(55(40)76)46-23-25-50(71)65-53(46)74/h9,11-12,14,16-19,34,38-39,42,44-47H,2-8,13,20-33,35H2,1H3,(H2,60,70)(H,62,75)(H,63,73)(H,64,72)(H,65,71,74)(H2,78,79,80)/t38?,39-,42+,44+,45+,46?,47+/m1/s1. The van der Waals surface area contributed by atoms with Gasteiger partial charge in [-0.1, -0.05) is 80.3 Å². The number of unbranched alkanes of at least 4 members (excludes halogenated alkanes) is 7. The maximum Gasteiger partial charge on any atom is 0.394 e. The molecule has 0 radical (unpaired) electrons. The predicted molar refractivity (Wildman–Crippen MR) is 293 cm³/mol. The summed E-state index contributed by atoms with van der Waals surface area (Å²) < 4.78 is 48.4. The zero-order valence-corrected chi connectivity index (χ0v) is 46.9. The summed E-state index contributed by atoms with van der Waals surface area (Å²) in [4.78, 5) is 134. The highest BCUT2D eigenvalue weighted by molar-refractivity contribution is 7.53. The summed E-state index contributed by atoms with van der Waals surface area (Å²) in [6.07, 6.45) is 9.41. The molecule has 25 heteroatoms. The fourth-order valence-corrected chi connectivity index (χ4v) is 12.3. The van der Waals surface area contributed by atoms with Crippen LogP contribution in [0.5, 0.6) is 0 Å². The van der Waals surface area contributed by atoms with Crippen LogP contribution >= 0.6 is 7.60 Å². The molecule has 2 unspecified atom stereocenters. The van der Waals surface area contributed by atoms with E-state index in [1.54, 1.807) is 19.2 Å². The van der Waals surface area contributed by atoms with Gasteiger partial charge in [0.25, 0.3) is 11.8 Å². The number of imide groups is 1. The zero-order valence-electron chi connectivity index (χ0n) is 46.0. The third kappa shape index (κ3) is 15.0. The van der Waals surface area contributed by atoms with Crippen molar-refractivity contribution in [2.24, 2.45) is 11.7 Å². The largest absolute Gasteiger partial charge is 0.394 e. The SMILES string of the molecule is CN1CC[C@H]2CC[C@@H](C(=O)N[C@@H](CCC(N)=O)C(=O)N[C@@H](COCCCCCCCCCC#Cc3cccc4c3CN(C3CCC(=O)NC3=O)C4=O)c3ccccc3)N2C(=O)[C@@H](NC(=O)c2cn3c(n2)CC(C(F)(F)P(=O)(O)O)CC3)C1. The number of imidazole rings is 1. The van der Waals surface area contributed by atoms with Crippen molar-refractivity contribution in [3.63, 3.8) is 0 Å². The second-order valence-corrected chi connectivity index (χ2v) is 23.7. The quantitative estimate of drug-likeness (QED) is 0.0292. The normalized spacial score (nSPS) is 21.9. The number of nitrogens with zero attached hydrogens (tertiary/aromatic N) is 5. The van der Waals surface area contributed by atoms with Gasteiger partial charge in [-0.2, -0.15) is 8.78 Å². The van der Waals surface area contributed by atoms with Gasteiger partial charge in [-0.25, -0.2) is 4.98 Å². The van der Waals surface area contributed by atoms with Gasteiger partial charge in [-0.15, -0.1) is 0 Å². The molecule has 5 aliphatic heterocycles. The number of nitrogens with two attached hydrogens (primary N) is 1. The lowest BCUT2D eigenvalue weighted by Crippen LogP contribution is -2.61. The Morgan fingerprint density at radius 3 is 2.40 bits per heavy atom. The van der Waals surface area contributed by atoms with Crippen LogP contribution in [0.3, 0.4) is 0 Å². The first-order valence-corrected chi connectivity index (χ1v) is 29.9. The van der Waals surface area contributed by atoms with Crippen LogP contribution in [0, 0.1) is 17.8 Å². The summed E-state index contributed by atoms with van der Waals surface area (Å²) in [6.45, 7) is 1.34. The second kappa shape index (κ2) is 27.5. The van der Waals surface area contributed by atoms with Gasteiger partial charge in [0.05, 0.1) is 12.6 Å². The molecular formula is C57H73F2N10O12P. The van der Waals surface area contributed by atoms with Crippen LogP contribution in [0.1, 0.15) is 152 Å². The van der Waals surface area contributed by atoms with Crippen molar-refractivity contribution >= 4 is 54.9 Å². The van der Waals surface area contributed by atoms with E-state index in [0.717, 1.165) is 61.6 Å². The number of primary amides is 1. The Kier molecular flexibility index (Phi) is 20.5. The van der Waals surface area contributed by atoms with E-state index in [9.17, 15) is 61.5 Å². The Morgan fingerprint density at radius 1 is 0.927 bits per heavy atom. The average molecular weight is 1160 g/mol. The molecule has 0 aliphatic carbocycles. The number of carbonyl (C=O) groups excluding carboxylic acids is 8. The van der Waals surface area contributed by atoms with Crippen LogP contribution < -0.4 is 27.0 Å². The second-order valence-electron chi connectivity index (χ2n) is 22.0. The molecule has 8 amide bonds. The molecule has 7 atom stereocenters. The lowest BCUT2D eigenvalue weighted by Gasteiger charge is -2.38. The van der Waals surface area contributed by atoms with Gasteiger partial charge in [0, 0.05) is 81.2 Å². The molecule has 0 spiro atoms. The number of alkyl halides is 2. The number of ether oxygens (including phenoxy) is 1. The van der Waals surface area contributed by atoms with Gasteiger partial charge in [-0.3, -0.25) is 48.2 Å². The van der Waals surface area contributed by atoms with E-state index in [1.807, 2.05) is 41.3 Å². The number of rotatable bonds is 24. The highest BCUT2D eigenvalue weighted by atomic mass is 31.2. The van der Waals surface area contributed by atoms with Gasteiger partial charge >= 0.3 is 13.3 Å². The number of aryl methyl sites for hydroxylation is 1. The molecular weight excluding hydrogens is 1090 g/mol. The molecule has 3 fully saturated rings. The number of halogens is 2. The summed E-state index contributed by atoms with van der Waals surface area (Å²) in [6, 6.07) is 9.48. The van der Waals surface area contributed by atoms with E-state index < -0.39 is 97.3 Å². The summed E-state index contributed by atoms with van der Waals surface area (Å²) >= 11 is 0. The van der Waals surface area contributed by atoms with E-state index in [4.69, 9.17) is 10.5 Å². The number of nitrogens with one attached hydrogen (secondary N) is 4. The van der Waals surface area contributed by atoms with Gasteiger partial charge in [0.15, 0.2) is 0 Å². The van der Waals surface area contributed by atoms with Crippen molar-refractivity contribution < 1.29 is 66.2 Å². The van der Waals surface area contributed by atoms with Crippen LogP contribution in [-0.2, 0) is 57.6 Å². The number of hydrogen-bond donors (Lipinski definition) is 7. The number of fused-ring (bicyclic) bond motifs is 3. The minimum Gasteiger partial charge on any atom is -0.379 e. The van der Waals surface area contributed by atoms with Gasteiger partial charge in [0.2, 0.25) is 35.4 Å². The summed E-state index contributed by atoms with van der Waals surface area (Å²) in [7, 11) is -3.99. The highest BCUT2D eigenvalue weighted by Crippen LogP contribution is 2.58. The molecule has 0 saturated carbocycles. The third-order valence-corrected chi connectivity index (χ3v) is 17.3. The van der Waals surface area contributed by atoms with Crippen LogP contribution in [0.2, 0.25) is 0 Å². The predicted octanol–water partition coefficient (Wildman–Crippen LogP) is 3.57. The number of amides is 8. The van der Waals surface area contributed by atoms with Gasteiger partial charge in [0.1, 0.15) is 35.7 Å². The Morgan fingerprint density at radius 2 is 1.67 bits per heavy atom.